The average Bonchev–Trinajstić information content (AvgIpc) is 2.90. The minimum atomic E-state index is -0.222. The van der Waals surface area contributed by atoms with Crippen molar-refractivity contribution in [2.75, 3.05) is 6.61 Å². The summed E-state index contributed by atoms with van der Waals surface area (Å²) >= 11 is 0. The van der Waals surface area contributed by atoms with Gasteiger partial charge in [0.1, 0.15) is 11.6 Å². The molecule has 0 N–H and O–H groups in total. The highest BCUT2D eigenvalue weighted by Crippen LogP contribution is 2.44. The summed E-state index contributed by atoms with van der Waals surface area (Å²) in [5, 5.41) is 0. The molecule has 3 fully saturated rings. The highest BCUT2D eigenvalue weighted by atomic mass is 19.1. The van der Waals surface area contributed by atoms with E-state index < -0.39 is 0 Å². The molecule has 0 unspecified atom stereocenters. The second kappa shape index (κ2) is 11.8. The number of halogens is 2. The van der Waals surface area contributed by atoms with E-state index in [1.54, 1.807) is 6.07 Å². The molecule has 0 bridgehead atoms. The Morgan fingerprint density at radius 3 is 1.94 bits per heavy atom. The van der Waals surface area contributed by atoms with Gasteiger partial charge in [-0.2, -0.15) is 0 Å². The summed E-state index contributed by atoms with van der Waals surface area (Å²) in [5.74, 6) is 2.96. The van der Waals surface area contributed by atoms with Crippen LogP contribution in [0.3, 0.4) is 0 Å². The highest BCUT2D eigenvalue weighted by Gasteiger charge is 2.31. The molecule has 2 aromatic rings. The lowest BCUT2D eigenvalue weighted by atomic mass is 9.68. The van der Waals surface area contributed by atoms with E-state index >= 15 is 8.78 Å². The molecule has 0 atom stereocenters. The van der Waals surface area contributed by atoms with Crippen molar-refractivity contribution < 1.29 is 13.5 Å². The van der Waals surface area contributed by atoms with E-state index in [0.717, 1.165) is 61.2 Å². The predicted molar refractivity (Wildman–Crippen MR) is 144 cm³/mol. The van der Waals surface area contributed by atoms with Gasteiger partial charge in [0.05, 0.1) is 6.10 Å². The number of benzene rings is 2. The summed E-state index contributed by atoms with van der Waals surface area (Å²) in [5.41, 5.74) is 3.04. The van der Waals surface area contributed by atoms with Crippen LogP contribution in [0.15, 0.2) is 36.4 Å². The van der Waals surface area contributed by atoms with Crippen LogP contribution in [0.25, 0.3) is 11.1 Å². The molecule has 0 amide bonds. The van der Waals surface area contributed by atoms with E-state index in [0.29, 0.717) is 23.1 Å². The minimum absolute atomic E-state index is 0.203. The summed E-state index contributed by atoms with van der Waals surface area (Å²) < 4.78 is 36.1. The molecule has 1 nitrogen and oxygen atoms in total. The molecule has 2 aromatic carbocycles. The number of rotatable bonds is 6. The molecule has 0 spiro atoms. The maximum Gasteiger partial charge on any atom is 0.131 e. The lowest BCUT2D eigenvalue weighted by Crippen LogP contribution is -2.24. The van der Waals surface area contributed by atoms with E-state index in [1.807, 2.05) is 25.1 Å². The van der Waals surface area contributed by atoms with Gasteiger partial charge >= 0.3 is 0 Å². The van der Waals surface area contributed by atoms with E-state index in [2.05, 4.69) is 13.0 Å². The molecule has 0 radical (unpaired) electrons. The number of hydrogen-bond donors (Lipinski definition) is 0. The van der Waals surface area contributed by atoms with Crippen molar-refractivity contribution in [3.8, 4) is 11.1 Å². The lowest BCUT2D eigenvalue weighted by molar-refractivity contribution is 0.0326. The molecule has 3 aliphatic carbocycles. The van der Waals surface area contributed by atoms with Gasteiger partial charge in [0, 0.05) is 12.2 Å². The Labute approximate surface area is 217 Å². The zero-order valence-corrected chi connectivity index (χ0v) is 22.3. The van der Waals surface area contributed by atoms with Crippen LogP contribution in [0, 0.1) is 29.4 Å². The Balaban J connectivity index is 1.21. The maximum absolute atomic E-state index is 15.3. The first kappa shape index (κ1) is 25.9. The second-order valence-corrected chi connectivity index (χ2v) is 12.0. The molecule has 3 aliphatic rings. The zero-order chi connectivity index (χ0) is 25.1. The number of ether oxygens (including phenoxy) is 1. The quantitative estimate of drug-likeness (QED) is 0.388. The van der Waals surface area contributed by atoms with Crippen molar-refractivity contribution in [2.45, 2.75) is 109 Å². The third kappa shape index (κ3) is 5.87. The molecule has 0 aliphatic heterocycles. The molecule has 3 heteroatoms. The molecule has 0 saturated heterocycles. The second-order valence-electron chi connectivity index (χ2n) is 12.0. The monoisotopic (exact) mass is 494 g/mol. The fraction of sp³-hybridized carbons (Fsp3) is 0.636. The third-order valence-electron chi connectivity index (χ3n) is 9.79. The van der Waals surface area contributed by atoms with Crippen LogP contribution in [0.2, 0.25) is 0 Å². The fourth-order valence-corrected chi connectivity index (χ4v) is 7.50. The Kier molecular flexibility index (Phi) is 8.46. The molecule has 0 heterocycles. The molecular weight excluding hydrogens is 450 g/mol. The van der Waals surface area contributed by atoms with Crippen molar-refractivity contribution in [3.05, 3.63) is 59.2 Å². The van der Waals surface area contributed by atoms with Gasteiger partial charge in [0.25, 0.3) is 0 Å². The van der Waals surface area contributed by atoms with Gasteiger partial charge in [-0.25, -0.2) is 8.78 Å². The van der Waals surface area contributed by atoms with Gasteiger partial charge in [0.2, 0.25) is 0 Å². The lowest BCUT2D eigenvalue weighted by Gasteiger charge is -2.37. The first-order valence-corrected chi connectivity index (χ1v) is 14.7. The normalized spacial score (nSPS) is 31.3. The van der Waals surface area contributed by atoms with Crippen molar-refractivity contribution in [1.29, 1.82) is 0 Å². The van der Waals surface area contributed by atoms with Crippen LogP contribution in [0.1, 0.15) is 114 Å². The molecule has 36 heavy (non-hydrogen) atoms. The average molecular weight is 495 g/mol. The number of hydrogen-bond acceptors (Lipinski definition) is 1. The minimum Gasteiger partial charge on any atom is -0.379 e. The largest absolute Gasteiger partial charge is 0.379 e. The van der Waals surface area contributed by atoms with Crippen LogP contribution in [0.5, 0.6) is 0 Å². The molecule has 196 valence electrons. The van der Waals surface area contributed by atoms with Crippen LogP contribution in [-0.2, 0) is 4.74 Å². The van der Waals surface area contributed by atoms with Crippen LogP contribution >= 0.6 is 0 Å². The smallest absolute Gasteiger partial charge is 0.131 e. The van der Waals surface area contributed by atoms with Crippen molar-refractivity contribution in [2.24, 2.45) is 17.8 Å². The van der Waals surface area contributed by atoms with Gasteiger partial charge < -0.3 is 4.74 Å². The van der Waals surface area contributed by atoms with Gasteiger partial charge in [-0.1, -0.05) is 44.0 Å². The standard InChI is InChI=1S/C33H44F2O/c1-3-36-29-16-12-26(13-17-29)30-19-15-28(21-33(30)35)31-18-14-27(20-32(31)34)25-10-8-24(9-11-25)23-6-4-22(2)5-7-23/h14-15,18-26,29H,3-13,16-17H2,1-2H3. The molecule has 3 saturated carbocycles. The van der Waals surface area contributed by atoms with Crippen LogP contribution < -0.4 is 0 Å². The van der Waals surface area contributed by atoms with E-state index in [9.17, 15) is 0 Å². The van der Waals surface area contributed by atoms with E-state index in [-0.39, 0.29) is 17.6 Å². The summed E-state index contributed by atoms with van der Waals surface area (Å²) in [6, 6.07) is 11.0. The Hall–Kier alpha value is -1.74. The van der Waals surface area contributed by atoms with Gasteiger partial charge in [0.15, 0.2) is 0 Å². The first-order chi connectivity index (χ1) is 17.5. The van der Waals surface area contributed by atoms with Crippen molar-refractivity contribution in [1.82, 2.24) is 0 Å². The summed E-state index contributed by atoms with van der Waals surface area (Å²) in [6.45, 7) is 5.16. The topological polar surface area (TPSA) is 9.23 Å². The highest BCUT2D eigenvalue weighted by molar-refractivity contribution is 5.65. The molecule has 0 aromatic heterocycles. The molecule has 5 rings (SSSR count). The summed E-state index contributed by atoms with van der Waals surface area (Å²) in [6.07, 6.45) is 14.7. The SMILES string of the molecule is CCOC1CCC(c2ccc(-c3ccc(C4CCC(C5CCC(C)CC5)CC4)cc3F)cc2F)CC1. The van der Waals surface area contributed by atoms with Crippen LogP contribution in [0.4, 0.5) is 8.78 Å². The van der Waals surface area contributed by atoms with Gasteiger partial charge in [-0.3, -0.25) is 0 Å². The molecular formula is C33H44F2O. The maximum atomic E-state index is 15.3. The zero-order valence-electron chi connectivity index (χ0n) is 22.3. The van der Waals surface area contributed by atoms with E-state index in [1.165, 1.54) is 57.4 Å². The Morgan fingerprint density at radius 2 is 1.33 bits per heavy atom. The summed E-state index contributed by atoms with van der Waals surface area (Å²) in [7, 11) is 0. The van der Waals surface area contributed by atoms with Crippen molar-refractivity contribution >= 4 is 0 Å². The van der Waals surface area contributed by atoms with Gasteiger partial charge in [-0.05, 0) is 130 Å². The fourth-order valence-electron chi connectivity index (χ4n) is 7.50. The van der Waals surface area contributed by atoms with Gasteiger partial charge in [-0.15, -0.1) is 0 Å². The van der Waals surface area contributed by atoms with Crippen molar-refractivity contribution in [3.63, 3.8) is 0 Å². The Morgan fingerprint density at radius 1 is 0.694 bits per heavy atom. The third-order valence-corrected chi connectivity index (χ3v) is 9.79. The van der Waals surface area contributed by atoms with Crippen LogP contribution in [-0.4, -0.2) is 12.7 Å². The predicted octanol–water partition coefficient (Wildman–Crippen LogP) is 9.79. The first-order valence-electron chi connectivity index (χ1n) is 14.7. The Bertz CT molecular complexity index is 993. The van der Waals surface area contributed by atoms with E-state index in [4.69, 9.17) is 4.74 Å². The summed E-state index contributed by atoms with van der Waals surface area (Å²) in [4.78, 5) is 0.